The highest BCUT2D eigenvalue weighted by Gasteiger charge is 2.32. The number of nitrogens with zero attached hydrogens (tertiary/aromatic N) is 5. The quantitative estimate of drug-likeness (QED) is 0.0493. The van der Waals surface area contributed by atoms with Gasteiger partial charge in [0.25, 0.3) is 21.6 Å². The van der Waals surface area contributed by atoms with Crippen LogP contribution in [0.15, 0.2) is 113 Å². The van der Waals surface area contributed by atoms with Crippen molar-refractivity contribution in [3.63, 3.8) is 0 Å². The number of thioether (sulfide) groups is 1. The van der Waals surface area contributed by atoms with Gasteiger partial charge >= 0.3 is 6.36 Å². The van der Waals surface area contributed by atoms with Crippen LogP contribution in [-0.2, 0) is 16.6 Å². The summed E-state index contributed by atoms with van der Waals surface area (Å²) in [7, 11) is -4.53. The Hall–Kier alpha value is -5.92. The lowest BCUT2D eigenvalue weighted by molar-refractivity contribution is -0.384. The van der Waals surface area contributed by atoms with Crippen LogP contribution in [0.3, 0.4) is 0 Å². The zero-order chi connectivity index (χ0) is 39.9. The standard InChI is InChI=1S/C37H34F3N7O7S2/c38-37(39,40)54-29-20-25(19-27(22-29)26-5-4-6-28(48)21-26)24-45-14-16-46(17-15-45)35-12-11-33(42-43-35)36(49)44-56(52,53)31-9-10-32(34(23-31)47(50)51)41-13-18-55-30-7-2-1-3-8-30/h1-12,19-23,41,48H,13-18,24H2,(H,44,49). The van der Waals surface area contributed by atoms with Crippen molar-refractivity contribution in [2.75, 3.05) is 48.7 Å². The fourth-order valence-electron chi connectivity index (χ4n) is 5.89. The first-order valence-electron chi connectivity index (χ1n) is 17.0. The molecule has 0 saturated carbocycles. The molecule has 0 aliphatic carbocycles. The Morgan fingerprint density at radius 2 is 1.68 bits per heavy atom. The number of ether oxygens (including phenoxy) is 1. The van der Waals surface area contributed by atoms with E-state index in [0.717, 1.165) is 17.0 Å². The van der Waals surface area contributed by atoms with E-state index in [1.165, 1.54) is 42.5 Å². The second-order valence-corrected chi connectivity index (χ2v) is 15.3. The third-order valence-electron chi connectivity index (χ3n) is 8.50. The van der Waals surface area contributed by atoms with E-state index in [2.05, 4.69) is 20.3 Å². The van der Waals surface area contributed by atoms with Crippen molar-refractivity contribution in [3.8, 4) is 22.6 Å². The molecule has 1 aliphatic rings. The lowest BCUT2D eigenvalue weighted by Gasteiger charge is -2.35. The van der Waals surface area contributed by atoms with E-state index in [0.29, 0.717) is 67.5 Å². The maximum Gasteiger partial charge on any atom is 0.573 e. The Bertz CT molecular complexity index is 2290. The van der Waals surface area contributed by atoms with Gasteiger partial charge in [-0.1, -0.05) is 30.3 Å². The second-order valence-electron chi connectivity index (χ2n) is 12.5. The molecule has 14 nitrogen and oxygen atoms in total. The maximum atomic E-state index is 13.1. The predicted octanol–water partition coefficient (Wildman–Crippen LogP) is 6.30. The summed E-state index contributed by atoms with van der Waals surface area (Å²) in [6.07, 6.45) is -4.89. The number of phenolic OH excluding ortho intramolecular Hbond substituents is 1. The van der Waals surface area contributed by atoms with Crippen molar-refractivity contribution >= 4 is 44.9 Å². The van der Waals surface area contributed by atoms with Gasteiger partial charge in [0.1, 0.15) is 17.2 Å². The van der Waals surface area contributed by atoms with Crippen LogP contribution >= 0.6 is 11.8 Å². The summed E-state index contributed by atoms with van der Waals surface area (Å²) >= 11 is 1.55. The Kier molecular flexibility index (Phi) is 12.3. The zero-order valence-electron chi connectivity index (χ0n) is 29.3. The second kappa shape index (κ2) is 17.3. The molecule has 6 rings (SSSR count). The highest BCUT2D eigenvalue weighted by molar-refractivity contribution is 7.99. The predicted molar refractivity (Wildman–Crippen MR) is 203 cm³/mol. The van der Waals surface area contributed by atoms with Crippen LogP contribution in [0.25, 0.3) is 11.1 Å². The minimum absolute atomic E-state index is 0.0307. The number of carbonyl (C=O) groups is 1. The number of hydrogen-bond acceptors (Lipinski definition) is 13. The summed E-state index contributed by atoms with van der Waals surface area (Å²) in [5, 5.41) is 32.6. The monoisotopic (exact) mass is 809 g/mol. The number of nitro groups is 1. The average molecular weight is 810 g/mol. The van der Waals surface area contributed by atoms with Crippen LogP contribution in [-0.4, -0.2) is 84.3 Å². The van der Waals surface area contributed by atoms with Crippen molar-refractivity contribution < 1.29 is 41.2 Å². The molecular weight excluding hydrogens is 776 g/mol. The molecule has 0 unspecified atom stereocenters. The number of phenols is 1. The number of nitrogens with one attached hydrogen (secondary N) is 2. The maximum absolute atomic E-state index is 13.1. The number of aromatic nitrogens is 2. The number of anilines is 2. The van der Waals surface area contributed by atoms with Crippen molar-refractivity contribution in [2.45, 2.75) is 22.7 Å². The van der Waals surface area contributed by atoms with Gasteiger partial charge in [0, 0.05) is 56.0 Å². The SMILES string of the molecule is O=C(NS(=O)(=O)c1ccc(NCCSc2ccccc2)c([N+](=O)[O-])c1)c1ccc(N2CCN(Cc3cc(OC(F)(F)F)cc(-c4cccc(O)c4)c3)CC2)nn1. The smallest absolute Gasteiger partial charge is 0.508 e. The van der Waals surface area contributed by atoms with Gasteiger partial charge in [0.05, 0.1) is 9.82 Å². The molecule has 2 heterocycles. The summed E-state index contributed by atoms with van der Waals surface area (Å²) in [6, 6.07) is 26.2. The molecule has 1 amide bonds. The van der Waals surface area contributed by atoms with E-state index in [1.807, 2.05) is 44.9 Å². The van der Waals surface area contributed by atoms with Gasteiger partial charge < -0.3 is 20.1 Å². The molecule has 5 aromatic rings. The Labute approximate surface area is 323 Å². The number of nitro benzene ring substituents is 1. The average Bonchev–Trinajstić information content (AvgIpc) is 3.16. The molecule has 292 valence electrons. The molecule has 1 aromatic heterocycles. The summed E-state index contributed by atoms with van der Waals surface area (Å²) < 4.78 is 71.6. The molecule has 19 heteroatoms. The van der Waals surface area contributed by atoms with Gasteiger partial charge in [-0.2, -0.15) is 0 Å². The number of halogens is 3. The number of rotatable bonds is 14. The highest BCUT2D eigenvalue weighted by Crippen LogP contribution is 2.32. The number of amides is 1. The summed E-state index contributed by atoms with van der Waals surface area (Å²) in [5.41, 5.74) is 0.881. The van der Waals surface area contributed by atoms with Crippen molar-refractivity contribution in [2.24, 2.45) is 0 Å². The number of sulfonamides is 1. The molecule has 4 aromatic carbocycles. The molecule has 56 heavy (non-hydrogen) atoms. The Balaban J connectivity index is 1.04. The van der Waals surface area contributed by atoms with E-state index in [9.17, 15) is 41.6 Å². The molecule has 1 fully saturated rings. The number of benzene rings is 4. The third-order valence-corrected chi connectivity index (χ3v) is 10.8. The largest absolute Gasteiger partial charge is 0.573 e. The lowest BCUT2D eigenvalue weighted by atomic mass is 10.0. The molecule has 0 spiro atoms. The molecule has 3 N–H and O–H groups in total. The van der Waals surface area contributed by atoms with Gasteiger partial charge in [0.2, 0.25) is 0 Å². The van der Waals surface area contributed by atoms with Crippen molar-refractivity contribution in [3.05, 3.63) is 124 Å². The van der Waals surface area contributed by atoms with Crippen molar-refractivity contribution in [1.29, 1.82) is 0 Å². The molecule has 0 radical (unpaired) electrons. The van der Waals surface area contributed by atoms with Crippen LogP contribution in [0.1, 0.15) is 16.1 Å². The van der Waals surface area contributed by atoms with Gasteiger partial charge in [-0.15, -0.1) is 35.1 Å². The van der Waals surface area contributed by atoms with Crippen LogP contribution in [0.4, 0.5) is 30.4 Å². The number of aromatic hydroxyl groups is 1. The third kappa shape index (κ3) is 10.6. The fraction of sp³-hybridized carbons (Fsp3) is 0.216. The molecule has 1 aliphatic heterocycles. The Morgan fingerprint density at radius 1 is 0.911 bits per heavy atom. The van der Waals surface area contributed by atoms with Crippen LogP contribution in [0.2, 0.25) is 0 Å². The number of hydrogen-bond donors (Lipinski definition) is 3. The lowest BCUT2D eigenvalue weighted by Crippen LogP contribution is -2.46. The normalized spacial score (nSPS) is 13.6. The molecular formula is C37H34F3N7O7S2. The van der Waals surface area contributed by atoms with E-state index in [4.69, 9.17) is 0 Å². The van der Waals surface area contributed by atoms with Gasteiger partial charge in [-0.05, 0) is 83.4 Å². The number of piperazine rings is 1. The molecule has 0 atom stereocenters. The summed E-state index contributed by atoms with van der Waals surface area (Å²) in [6.45, 7) is 2.60. The number of carbonyl (C=O) groups excluding carboxylic acids is 1. The minimum atomic E-state index is -4.89. The first-order valence-corrected chi connectivity index (χ1v) is 19.5. The topological polar surface area (TPSA) is 180 Å². The van der Waals surface area contributed by atoms with E-state index in [1.54, 1.807) is 30.0 Å². The van der Waals surface area contributed by atoms with Crippen LogP contribution in [0, 0.1) is 10.1 Å². The highest BCUT2D eigenvalue weighted by atomic mass is 32.2. The van der Waals surface area contributed by atoms with E-state index < -0.39 is 37.8 Å². The molecule has 0 bridgehead atoms. The Morgan fingerprint density at radius 3 is 2.36 bits per heavy atom. The molecule has 1 saturated heterocycles. The van der Waals surface area contributed by atoms with E-state index in [-0.39, 0.29) is 22.9 Å². The number of alkyl halides is 3. The summed E-state index contributed by atoms with van der Waals surface area (Å²) in [5.74, 6) is -0.484. The fourth-order valence-corrected chi connectivity index (χ4v) is 7.66. The van der Waals surface area contributed by atoms with Crippen LogP contribution < -0.4 is 19.7 Å². The summed E-state index contributed by atoms with van der Waals surface area (Å²) in [4.78, 5) is 28.5. The first-order chi connectivity index (χ1) is 26.7. The van der Waals surface area contributed by atoms with Gasteiger partial charge in [-0.3, -0.25) is 19.8 Å². The van der Waals surface area contributed by atoms with Crippen molar-refractivity contribution in [1.82, 2.24) is 19.8 Å². The first kappa shape index (κ1) is 39.8. The minimum Gasteiger partial charge on any atom is -0.508 e. The zero-order valence-corrected chi connectivity index (χ0v) is 31.0. The van der Waals surface area contributed by atoms with Gasteiger partial charge in [0.15, 0.2) is 11.5 Å². The van der Waals surface area contributed by atoms with Gasteiger partial charge in [-0.25, -0.2) is 13.1 Å². The van der Waals surface area contributed by atoms with Crippen LogP contribution in [0.5, 0.6) is 11.5 Å². The van der Waals surface area contributed by atoms with E-state index >= 15 is 0 Å².